The van der Waals surface area contributed by atoms with Crippen molar-refractivity contribution in [3.05, 3.63) is 162 Å². The van der Waals surface area contributed by atoms with Crippen molar-refractivity contribution < 1.29 is 9.53 Å². The number of benzene rings is 6. The lowest BCUT2D eigenvalue weighted by molar-refractivity contribution is 0.0139. The second-order valence-electron chi connectivity index (χ2n) is 16.1. The first-order chi connectivity index (χ1) is 26.0. The fraction of sp³-hybridized carbons (Fsp3) is 0.245. The molecule has 0 bridgehead atoms. The van der Waals surface area contributed by atoms with Gasteiger partial charge in [-0.1, -0.05) is 117 Å². The summed E-state index contributed by atoms with van der Waals surface area (Å²) in [6.45, 7) is 14.3. The van der Waals surface area contributed by atoms with Crippen LogP contribution in [0.3, 0.4) is 0 Å². The number of piperazine rings is 1. The molecule has 5 nitrogen and oxygen atoms in total. The minimum atomic E-state index is -0.481. The van der Waals surface area contributed by atoms with Crippen molar-refractivity contribution in [3.8, 4) is 33.4 Å². The van der Waals surface area contributed by atoms with Gasteiger partial charge in [0.15, 0.2) is 0 Å². The summed E-state index contributed by atoms with van der Waals surface area (Å²) in [7, 11) is 0. The van der Waals surface area contributed by atoms with Crippen LogP contribution in [0.2, 0.25) is 0 Å². The molecule has 0 radical (unpaired) electrons. The number of carbonyl (C=O) groups excluding carboxylic acids is 1. The number of hydrogen-bond donors (Lipinski definition) is 0. The minimum absolute atomic E-state index is 0.0919. The molecule has 54 heavy (non-hydrogen) atoms. The SMILES string of the molecule is CC(C)(C)OC(=O)N1CCN(Cc2cccc(-c3ccc(N(c4ccc(-c5ccccc5)cc4)c4ccc5c(c4)C(C)(C)c4ccccc4-5)cc3)c2)CC1. The number of anilines is 3. The topological polar surface area (TPSA) is 36.0 Å². The van der Waals surface area contributed by atoms with Crippen molar-refractivity contribution in [1.82, 2.24) is 9.80 Å². The van der Waals surface area contributed by atoms with Gasteiger partial charge in [-0.15, -0.1) is 0 Å². The molecule has 1 heterocycles. The lowest BCUT2D eigenvalue weighted by atomic mass is 9.82. The first-order valence-electron chi connectivity index (χ1n) is 19.1. The Balaban J connectivity index is 1.06. The van der Waals surface area contributed by atoms with Gasteiger partial charge in [0, 0.05) is 55.2 Å². The summed E-state index contributed by atoms with van der Waals surface area (Å²) in [5.74, 6) is 0. The van der Waals surface area contributed by atoms with Gasteiger partial charge in [0.25, 0.3) is 0 Å². The molecule has 1 amide bonds. The molecule has 1 aliphatic heterocycles. The van der Waals surface area contributed by atoms with Gasteiger partial charge in [-0.05, 0) is 113 Å². The molecule has 1 aliphatic carbocycles. The molecule has 1 saturated heterocycles. The zero-order valence-corrected chi connectivity index (χ0v) is 32.1. The van der Waals surface area contributed by atoms with Crippen molar-refractivity contribution >= 4 is 23.2 Å². The Morgan fingerprint density at radius 3 is 1.81 bits per heavy atom. The standard InChI is InChI=1S/C49H49N3O2/c1-48(2,3)54-47(53)51-30-28-50(29-31-51)34-35-12-11-15-39(32-35)38-20-24-41(25-21-38)52(40-22-18-37(19-23-40)36-13-7-6-8-14-36)42-26-27-44-43-16-9-10-17-45(43)49(4,5)46(44)33-42/h6-27,32-33H,28-31,34H2,1-5H3. The number of hydrogen-bond acceptors (Lipinski definition) is 4. The highest BCUT2D eigenvalue weighted by atomic mass is 16.6. The van der Waals surface area contributed by atoms with Crippen LogP contribution in [0.5, 0.6) is 0 Å². The molecule has 0 saturated carbocycles. The van der Waals surface area contributed by atoms with Crippen LogP contribution in [-0.4, -0.2) is 47.7 Å². The molecule has 6 aromatic carbocycles. The Bertz CT molecular complexity index is 2260. The van der Waals surface area contributed by atoms with Crippen molar-refractivity contribution in [2.45, 2.75) is 52.2 Å². The van der Waals surface area contributed by atoms with E-state index in [1.165, 1.54) is 50.1 Å². The molecule has 0 unspecified atom stereocenters. The molecule has 0 N–H and O–H groups in total. The number of rotatable bonds is 7. The second kappa shape index (κ2) is 14.3. The summed E-state index contributed by atoms with van der Waals surface area (Å²) in [5, 5.41) is 0. The first-order valence-corrected chi connectivity index (χ1v) is 19.1. The van der Waals surface area contributed by atoms with Gasteiger partial charge >= 0.3 is 6.09 Å². The van der Waals surface area contributed by atoms with Crippen LogP contribution in [0.4, 0.5) is 21.9 Å². The number of carbonyl (C=O) groups is 1. The van der Waals surface area contributed by atoms with E-state index in [1.807, 2.05) is 25.7 Å². The van der Waals surface area contributed by atoms with E-state index in [-0.39, 0.29) is 11.5 Å². The van der Waals surface area contributed by atoms with Crippen molar-refractivity contribution in [3.63, 3.8) is 0 Å². The molecule has 5 heteroatoms. The van der Waals surface area contributed by atoms with Crippen LogP contribution in [0.15, 0.2) is 146 Å². The van der Waals surface area contributed by atoms with Crippen molar-refractivity contribution in [1.29, 1.82) is 0 Å². The Kier molecular flexibility index (Phi) is 9.37. The maximum Gasteiger partial charge on any atom is 0.410 e. The predicted molar refractivity (Wildman–Crippen MR) is 223 cm³/mol. The minimum Gasteiger partial charge on any atom is -0.444 e. The molecule has 0 spiro atoms. The quantitative estimate of drug-likeness (QED) is 0.165. The summed E-state index contributed by atoms with van der Waals surface area (Å²) in [4.78, 5) is 19.2. The maximum absolute atomic E-state index is 12.6. The molecule has 8 rings (SSSR count). The average molecular weight is 712 g/mol. The average Bonchev–Trinajstić information content (AvgIpc) is 3.41. The van der Waals surface area contributed by atoms with E-state index in [0.29, 0.717) is 13.1 Å². The summed E-state index contributed by atoms with van der Waals surface area (Å²) in [5.41, 5.74) is 14.2. The van der Waals surface area contributed by atoms with Gasteiger partial charge in [0.05, 0.1) is 0 Å². The van der Waals surface area contributed by atoms with E-state index in [9.17, 15) is 4.79 Å². The monoisotopic (exact) mass is 711 g/mol. The molecular formula is C49H49N3O2. The Morgan fingerprint density at radius 2 is 1.15 bits per heavy atom. The Hall–Kier alpha value is -5.65. The fourth-order valence-corrected chi connectivity index (χ4v) is 8.04. The number of ether oxygens (including phenoxy) is 1. The molecule has 0 atom stereocenters. The fourth-order valence-electron chi connectivity index (χ4n) is 8.04. The Morgan fingerprint density at radius 1 is 0.593 bits per heavy atom. The van der Waals surface area contributed by atoms with Crippen LogP contribution in [-0.2, 0) is 16.7 Å². The van der Waals surface area contributed by atoms with Gasteiger partial charge < -0.3 is 14.5 Å². The van der Waals surface area contributed by atoms with Gasteiger partial charge in [-0.3, -0.25) is 4.90 Å². The second-order valence-corrected chi connectivity index (χ2v) is 16.1. The van der Waals surface area contributed by atoms with E-state index in [4.69, 9.17) is 4.74 Å². The molecular weight excluding hydrogens is 663 g/mol. The highest BCUT2D eigenvalue weighted by molar-refractivity contribution is 5.86. The summed E-state index contributed by atoms with van der Waals surface area (Å²) in [6.07, 6.45) is -0.221. The lowest BCUT2D eigenvalue weighted by Crippen LogP contribution is -2.49. The van der Waals surface area contributed by atoms with Crippen molar-refractivity contribution in [2.75, 3.05) is 31.1 Å². The molecule has 6 aromatic rings. The van der Waals surface area contributed by atoms with E-state index in [0.717, 1.165) is 36.7 Å². The summed E-state index contributed by atoms with van der Waals surface area (Å²) in [6, 6.07) is 53.1. The van der Waals surface area contributed by atoms with Crippen molar-refractivity contribution in [2.24, 2.45) is 0 Å². The van der Waals surface area contributed by atoms with E-state index < -0.39 is 5.60 Å². The van der Waals surface area contributed by atoms with E-state index in [2.05, 4.69) is 169 Å². The normalized spacial score (nSPS) is 15.0. The largest absolute Gasteiger partial charge is 0.444 e. The lowest BCUT2D eigenvalue weighted by Gasteiger charge is -2.35. The van der Waals surface area contributed by atoms with Gasteiger partial charge in [-0.2, -0.15) is 0 Å². The third kappa shape index (κ3) is 7.16. The smallest absolute Gasteiger partial charge is 0.410 e. The van der Waals surface area contributed by atoms with Crippen LogP contribution >= 0.6 is 0 Å². The molecule has 1 fully saturated rings. The summed E-state index contributed by atoms with van der Waals surface area (Å²) < 4.78 is 5.59. The van der Waals surface area contributed by atoms with E-state index in [1.54, 1.807) is 0 Å². The molecule has 272 valence electrons. The number of amides is 1. The van der Waals surface area contributed by atoms with Crippen LogP contribution in [0.25, 0.3) is 33.4 Å². The zero-order valence-electron chi connectivity index (χ0n) is 32.1. The van der Waals surface area contributed by atoms with Crippen LogP contribution < -0.4 is 4.90 Å². The third-order valence-corrected chi connectivity index (χ3v) is 10.9. The summed E-state index contributed by atoms with van der Waals surface area (Å²) >= 11 is 0. The maximum atomic E-state index is 12.6. The third-order valence-electron chi connectivity index (χ3n) is 10.9. The van der Waals surface area contributed by atoms with Gasteiger partial charge in [-0.25, -0.2) is 4.79 Å². The molecule has 0 aromatic heterocycles. The van der Waals surface area contributed by atoms with Crippen LogP contribution in [0.1, 0.15) is 51.3 Å². The number of nitrogens with zero attached hydrogens (tertiary/aromatic N) is 3. The predicted octanol–water partition coefficient (Wildman–Crippen LogP) is 11.8. The first kappa shape index (κ1) is 35.4. The van der Waals surface area contributed by atoms with Gasteiger partial charge in [0.2, 0.25) is 0 Å². The van der Waals surface area contributed by atoms with Gasteiger partial charge in [0.1, 0.15) is 5.60 Å². The highest BCUT2D eigenvalue weighted by Crippen LogP contribution is 2.50. The van der Waals surface area contributed by atoms with E-state index >= 15 is 0 Å². The molecule has 2 aliphatic rings. The van der Waals surface area contributed by atoms with Crippen LogP contribution in [0, 0.1) is 0 Å². The zero-order chi connectivity index (χ0) is 37.5. The highest BCUT2D eigenvalue weighted by Gasteiger charge is 2.35. The number of fused-ring (bicyclic) bond motifs is 3. The Labute approximate surface area is 320 Å².